The molecule has 0 amide bonds. The van der Waals surface area contributed by atoms with E-state index in [2.05, 4.69) is 4.74 Å². The first kappa shape index (κ1) is 16.7. The molecule has 1 saturated heterocycles. The highest BCUT2D eigenvalue weighted by molar-refractivity contribution is 5.83. The summed E-state index contributed by atoms with van der Waals surface area (Å²) in [6.07, 6.45) is 2.39. The SMILES string of the molecule is CC(=O)OCOC(=O)C=C1CC(C)(C)N([O])C(C)(C)C1. The lowest BCUT2D eigenvalue weighted by Crippen LogP contribution is -2.56. The van der Waals surface area contributed by atoms with Crippen molar-refractivity contribution in [3.8, 4) is 0 Å². The highest BCUT2D eigenvalue weighted by atomic mass is 16.7. The Hall–Kier alpha value is -1.40. The van der Waals surface area contributed by atoms with Gasteiger partial charge in [0.15, 0.2) is 0 Å². The van der Waals surface area contributed by atoms with E-state index in [0.29, 0.717) is 12.8 Å². The maximum Gasteiger partial charge on any atom is 0.333 e. The molecule has 6 nitrogen and oxygen atoms in total. The van der Waals surface area contributed by atoms with Crippen LogP contribution in [0.1, 0.15) is 47.5 Å². The second-order valence-corrected chi connectivity index (χ2v) is 6.29. The van der Waals surface area contributed by atoms with Crippen LogP contribution in [0.15, 0.2) is 11.6 Å². The maximum absolute atomic E-state index is 12.2. The standard InChI is InChI=1S/C14H22NO5/c1-10(16)19-9-20-12(17)6-11-7-13(2,3)15(18)14(4,5)8-11/h6H,7-9H2,1-5H3. The first-order chi connectivity index (χ1) is 9.04. The molecule has 6 heteroatoms. The minimum atomic E-state index is -0.566. The fourth-order valence-electron chi connectivity index (χ4n) is 2.62. The van der Waals surface area contributed by atoms with Crippen molar-refractivity contribution in [1.29, 1.82) is 0 Å². The lowest BCUT2D eigenvalue weighted by Gasteiger charge is -2.47. The first-order valence-corrected chi connectivity index (χ1v) is 6.52. The molecular formula is C14H22NO5. The number of hydrogen-bond acceptors (Lipinski definition) is 5. The van der Waals surface area contributed by atoms with Crippen LogP contribution in [-0.2, 0) is 24.3 Å². The van der Waals surface area contributed by atoms with Crippen LogP contribution in [0.3, 0.4) is 0 Å². The summed E-state index contributed by atoms with van der Waals surface area (Å²) in [7, 11) is 0. The van der Waals surface area contributed by atoms with Crippen LogP contribution in [0, 0.1) is 0 Å². The summed E-state index contributed by atoms with van der Waals surface area (Å²) < 4.78 is 9.30. The van der Waals surface area contributed by atoms with Gasteiger partial charge in [-0.25, -0.2) is 4.79 Å². The van der Waals surface area contributed by atoms with Gasteiger partial charge in [-0.2, -0.15) is 0 Å². The van der Waals surface area contributed by atoms with Crippen molar-refractivity contribution in [1.82, 2.24) is 5.06 Å². The molecule has 0 atom stereocenters. The van der Waals surface area contributed by atoms with Crippen LogP contribution in [0.25, 0.3) is 0 Å². The fraction of sp³-hybridized carbons (Fsp3) is 0.714. The Kier molecular flexibility index (Phi) is 4.94. The van der Waals surface area contributed by atoms with Gasteiger partial charge in [0.2, 0.25) is 6.79 Å². The molecule has 1 heterocycles. The average molecular weight is 284 g/mol. The largest absolute Gasteiger partial charge is 0.428 e. The molecule has 1 fully saturated rings. The highest BCUT2D eigenvalue weighted by Crippen LogP contribution is 2.39. The number of piperidine rings is 1. The van der Waals surface area contributed by atoms with E-state index in [-0.39, 0.29) is 0 Å². The molecule has 0 unspecified atom stereocenters. The normalized spacial score (nSPS) is 21.2. The molecule has 1 aliphatic rings. The van der Waals surface area contributed by atoms with E-state index in [1.54, 1.807) is 0 Å². The van der Waals surface area contributed by atoms with Gasteiger partial charge < -0.3 is 9.47 Å². The van der Waals surface area contributed by atoms with Gasteiger partial charge in [0.25, 0.3) is 0 Å². The number of hydrogen-bond donors (Lipinski definition) is 0. The van der Waals surface area contributed by atoms with Gasteiger partial charge in [0.1, 0.15) is 0 Å². The maximum atomic E-state index is 12.2. The predicted molar refractivity (Wildman–Crippen MR) is 70.7 cm³/mol. The van der Waals surface area contributed by atoms with Crippen molar-refractivity contribution in [3.63, 3.8) is 0 Å². The Bertz CT molecular complexity index is 405. The molecule has 0 N–H and O–H groups in total. The number of rotatable bonds is 3. The van der Waals surface area contributed by atoms with Crippen LogP contribution >= 0.6 is 0 Å². The molecule has 0 bridgehead atoms. The molecule has 1 rings (SSSR count). The van der Waals surface area contributed by atoms with Gasteiger partial charge in [-0.05, 0) is 40.5 Å². The van der Waals surface area contributed by atoms with E-state index in [9.17, 15) is 14.8 Å². The van der Waals surface area contributed by atoms with Gasteiger partial charge in [0, 0.05) is 24.1 Å². The van der Waals surface area contributed by atoms with Crippen molar-refractivity contribution >= 4 is 11.9 Å². The fourth-order valence-corrected chi connectivity index (χ4v) is 2.62. The van der Waals surface area contributed by atoms with E-state index in [1.165, 1.54) is 13.0 Å². The summed E-state index contributed by atoms with van der Waals surface area (Å²) in [6.45, 7) is 8.23. The highest BCUT2D eigenvalue weighted by Gasteiger charge is 2.44. The van der Waals surface area contributed by atoms with Crippen LogP contribution < -0.4 is 0 Å². The molecule has 1 radical (unpaired) electrons. The molecule has 0 aromatic carbocycles. The van der Waals surface area contributed by atoms with Gasteiger partial charge in [0.05, 0.1) is 0 Å². The molecule has 20 heavy (non-hydrogen) atoms. The quantitative estimate of drug-likeness (QED) is 0.450. The minimum Gasteiger partial charge on any atom is -0.428 e. The van der Waals surface area contributed by atoms with E-state index in [4.69, 9.17) is 4.74 Å². The number of nitrogens with zero attached hydrogens (tertiary/aromatic N) is 1. The minimum absolute atomic E-state index is 0.390. The number of esters is 2. The first-order valence-electron chi connectivity index (χ1n) is 6.52. The third-order valence-electron chi connectivity index (χ3n) is 3.20. The van der Waals surface area contributed by atoms with E-state index < -0.39 is 29.8 Å². The van der Waals surface area contributed by atoms with Gasteiger partial charge in [-0.15, -0.1) is 10.3 Å². The zero-order chi connectivity index (χ0) is 15.6. The monoisotopic (exact) mass is 284 g/mol. The van der Waals surface area contributed by atoms with Crippen LogP contribution in [-0.4, -0.2) is 34.9 Å². The van der Waals surface area contributed by atoms with Gasteiger partial charge in [-0.3, -0.25) is 4.79 Å². The topological polar surface area (TPSA) is 75.7 Å². The lowest BCUT2D eigenvalue weighted by atomic mass is 9.79. The Morgan fingerprint density at radius 3 is 2.10 bits per heavy atom. The van der Waals surface area contributed by atoms with Crippen molar-refractivity contribution in [2.75, 3.05) is 6.79 Å². The Balaban J connectivity index is 2.69. The molecule has 113 valence electrons. The number of hydroxylamine groups is 2. The Labute approximate surface area is 119 Å². The van der Waals surface area contributed by atoms with Crippen molar-refractivity contribution in [3.05, 3.63) is 11.6 Å². The molecule has 0 aromatic rings. The molecule has 0 spiro atoms. The Morgan fingerprint density at radius 2 is 1.65 bits per heavy atom. The molecule has 1 aliphatic heterocycles. The molecular weight excluding hydrogens is 262 g/mol. The van der Waals surface area contributed by atoms with Crippen LogP contribution in [0.5, 0.6) is 0 Å². The second kappa shape index (κ2) is 5.93. The summed E-state index contributed by atoms with van der Waals surface area (Å²) in [6, 6.07) is 0. The zero-order valence-corrected chi connectivity index (χ0v) is 12.7. The summed E-state index contributed by atoms with van der Waals surface area (Å²) in [5, 5.41) is 13.2. The van der Waals surface area contributed by atoms with E-state index in [1.807, 2.05) is 27.7 Å². The number of carbonyl (C=O) groups is 2. The summed E-state index contributed by atoms with van der Waals surface area (Å²) >= 11 is 0. The third-order valence-corrected chi connectivity index (χ3v) is 3.20. The summed E-state index contributed by atoms with van der Waals surface area (Å²) in [5.41, 5.74) is -0.270. The van der Waals surface area contributed by atoms with E-state index in [0.717, 1.165) is 10.6 Å². The molecule has 0 aromatic heterocycles. The van der Waals surface area contributed by atoms with Gasteiger partial charge in [-0.1, -0.05) is 5.57 Å². The van der Waals surface area contributed by atoms with Crippen LogP contribution in [0.4, 0.5) is 0 Å². The third kappa shape index (κ3) is 4.31. The number of ether oxygens (including phenoxy) is 2. The Morgan fingerprint density at radius 1 is 1.15 bits per heavy atom. The van der Waals surface area contributed by atoms with Gasteiger partial charge >= 0.3 is 11.9 Å². The average Bonchev–Trinajstić information content (AvgIpc) is 2.24. The van der Waals surface area contributed by atoms with E-state index >= 15 is 0 Å². The smallest absolute Gasteiger partial charge is 0.333 e. The van der Waals surface area contributed by atoms with Crippen LogP contribution in [0.2, 0.25) is 0 Å². The van der Waals surface area contributed by atoms with Crippen molar-refractivity contribution in [2.24, 2.45) is 0 Å². The predicted octanol–water partition coefficient (Wildman–Crippen LogP) is 1.98. The van der Waals surface area contributed by atoms with Crippen molar-refractivity contribution in [2.45, 2.75) is 58.5 Å². The molecule has 0 aliphatic carbocycles. The zero-order valence-electron chi connectivity index (χ0n) is 12.7. The number of carbonyl (C=O) groups excluding carboxylic acids is 2. The second-order valence-electron chi connectivity index (χ2n) is 6.29. The summed E-state index contributed by atoms with van der Waals surface area (Å²) in [4.78, 5) is 22.2. The summed E-state index contributed by atoms with van der Waals surface area (Å²) in [5.74, 6) is -1.07. The van der Waals surface area contributed by atoms with Crippen molar-refractivity contribution < 1.29 is 24.3 Å². The lowest BCUT2D eigenvalue weighted by molar-refractivity contribution is -0.279. The molecule has 0 saturated carbocycles.